The van der Waals surface area contributed by atoms with E-state index in [1.54, 1.807) is 7.11 Å². The predicted octanol–water partition coefficient (Wildman–Crippen LogP) is 4.54. The lowest BCUT2D eigenvalue weighted by molar-refractivity contribution is 0.419. The normalized spacial score (nSPS) is 11.8. The molecule has 1 heteroatoms. The fourth-order valence-electron chi connectivity index (χ4n) is 2.23. The number of hydrogen-bond acceptors (Lipinski definition) is 1. The number of hydrogen-bond donors (Lipinski definition) is 0. The van der Waals surface area contributed by atoms with Crippen LogP contribution in [0.4, 0.5) is 0 Å². The molecule has 0 unspecified atom stereocenters. The molecule has 0 spiro atoms. The Morgan fingerprint density at radius 3 is 2.24 bits per heavy atom. The summed E-state index contributed by atoms with van der Waals surface area (Å²) in [6.07, 6.45) is 1.13. The number of methoxy groups -OCH3 is 1. The molecule has 0 fully saturated rings. The second kappa shape index (κ2) is 4.40. The Kier molecular flexibility index (Phi) is 3.10. The van der Waals surface area contributed by atoms with Crippen molar-refractivity contribution in [2.45, 2.75) is 32.6 Å². The van der Waals surface area contributed by atoms with Crippen molar-refractivity contribution in [3.05, 3.63) is 42.0 Å². The van der Waals surface area contributed by atoms with Crippen molar-refractivity contribution in [1.82, 2.24) is 0 Å². The van der Waals surface area contributed by atoms with Gasteiger partial charge in [0, 0.05) is 5.39 Å². The lowest BCUT2D eigenvalue weighted by atomic mass is 9.79. The van der Waals surface area contributed by atoms with Crippen LogP contribution in [0.15, 0.2) is 36.4 Å². The van der Waals surface area contributed by atoms with Crippen molar-refractivity contribution < 1.29 is 4.74 Å². The van der Waals surface area contributed by atoms with E-state index in [9.17, 15) is 0 Å². The third-order valence-electron chi connectivity index (χ3n) is 3.72. The minimum Gasteiger partial charge on any atom is -0.496 e. The topological polar surface area (TPSA) is 9.23 Å². The molecule has 0 aromatic heterocycles. The average Bonchev–Trinajstić information content (AvgIpc) is 2.37. The highest BCUT2D eigenvalue weighted by atomic mass is 16.5. The number of fused-ring (bicyclic) bond motifs is 1. The van der Waals surface area contributed by atoms with Gasteiger partial charge in [-0.15, -0.1) is 0 Å². The van der Waals surface area contributed by atoms with Gasteiger partial charge in [0.15, 0.2) is 0 Å². The van der Waals surface area contributed by atoms with Crippen molar-refractivity contribution in [3.63, 3.8) is 0 Å². The highest BCUT2D eigenvalue weighted by molar-refractivity contribution is 5.91. The van der Waals surface area contributed by atoms with Gasteiger partial charge in [0.2, 0.25) is 0 Å². The van der Waals surface area contributed by atoms with E-state index < -0.39 is 0 Å². The van der Waals surface area contributed by atoms with Gasteiger partial charge >= 0.3 is 0 Å². The van der Waals surface area contributed by atoms with E-state index in [2.05, 4.69) is 57.2 Å². The summed E-state index contributed by atoms with van der Waals surface area (Å²) in [5.41, 5.74) is 1.60. The molecule has 90 valence electrons. The SMILES string of the molecule is CCC(C)(C)c1ccc(OC)c2ccccc12. The fourth-order valence-corrected chi connectivity index (χ4v) is 2.23. The van der Waals surface area contributed by atoms with Crippen LogP contribution in [-0.2, 0) is 5.41 Å². The second-order valence-electron chi connectivity index (χ2n) is 5.10. The van der Waals surface area contributed by atoms with E-state index in [0.29, 0.717) is 0 Å². The molecule has 0 aliphatic carbocycles. The molecule has 0 heterocycles. The van der Waals surface area contributed by atoms with Crippen molar-refractivity contribution in [1.29, 1.82) is 0 Å². The van der Waals surface area contributed by atoms with Crippen LogP contribution in [0.1, 0.15) is 32.8 Å². The van der Waals surface area contributed by atoms with Crippen LogP contribution < -0.4 is 4.74 Å². The Morgan fingerprint density at radius 2 is 1.65 bits per heavy atom. The molecule has 17 heavy (non-hydrogen) atoms. The third-order valence-corrected chi connectivity index (χ3v) is 3.72. The first-order valence-corrected chi connectivity index (χ1v) is 6.16. The molecule has 2 aromatic rings. The van der Waals surface area contributed by atoms with E-state index in [1.165, 1.54) is 16.3 Å². The molecule has 2 rings (SSSR count). The van der Waals surface area contributed by atoms with Gasteiger partial charge in [0.25, 0.3) is 0 Å². The summed E-state index contributed by atoms with van der Waals surface area (Å²) >= 11 is 0. The van der Waals surface area contributed by atoms with Crippen LogP contribution in [0.25, 0.3) is 10.8 Å². The maximum Gasteiger partial charge on any atom is 0.126 e. The van der Waals surface area contributed by atoms with Crippen molar-refractivity contribution in [2.75, 3.05) is 7.11 Å². The molecule has 0 bridgehead atoms. The first-order chi connectivity index (χ1) is 8.10. The van der Waals surface area contributed by atoms with E-state index in [4.69, 9.17) is 4.74 Å². The monoisotopic (exact) mass is 228 g/mol. The fraction of sp³-hybridized carbons (Fsp3) is 0.375. The summed E-state index contributed by atoms with van der Waals surface area (Å²) in [4.78, 5) is 0. The van der Waals surface area contributed by atoms with Crippen LogP contribution in [0.5, 0.6) is 5.75 Å². The van der Waals surface area contributed by atoms with Gasteiger partial charge in [0.05, 0.1) is 7.11 Å². The standard InChI is InChI=1S/C16H20O/c1-5-16(2,3)14-10-11-15(17-4)13-9-7-6-8-12(13)14/h6-11H,5H2,1-4H3. The van der Waals surface area contributed by atoms with Gasteiger partial charge in [-0.25, -0.2) is 0 Å². The third kappa shape index (κ3) is 2.02. The Balaban J connectivity index is 2.75. The summed E-state index contributed by atoms with van der Waals surface area (Å²) in [7, 11) is 1.73. The highest BCUT2D eigenvalue weighted by Gasteiger charge is 2.21. The minimum atomic E-state index is 0.200. The molecule has 2 aromatic carbocycles. The molecule has 0 aliphatic rings. The molecule has 0 saturated carbocycles. The second-order valence-corrected chi connectivity index (χ2v) is 5.10. The van der Waals surface area contributed by atoms with Gasteiger partial charge in [-0.2, -0.15) is 0 Å². The molecule has 0 saturated heterocycles. The van der Waals surface area contributed by atoms with Crippen molar-refractivity contribution in [3.8, 4) is 5.75 Å². The minimum absolute atomic E-state index is 0.200. The average molecular weight is 228 g/mol. The Hall–Kier alpha value is -1.50. The van der Waals surface area contributed by atoms with Crippen LogP contribution in [-0.4, -0.2) is 7.11 Å². The zero-order valence-electron chi connectivity index (χ0n) is 11.1. The molecule has 0 amide bonds. The largest absolute Gasteiger partial charge is 0.496 e. The van der Waals surface area contributed by atoms with E-state index in [0.717, 1.165) is 12.2 Å². The molecular formula is C16H20O. The summed E-state index contributed by atoms with van der Waals surface area (Å²) in [6, 6.07) is 12.7. The molecule has 0 N–H and O–H groups in total. The number of benzene rings is 2. The van der Waals surface area contributed by atoms with Crippen molar-refractivity contribution >= 4 is 10.8 Å². The number of ether oxygens (including phenoxy) is 1. The van der Waals surface area contributed by atoms with E-state index in [-0.39, 0.29) is 5.41 Å². The zero-order valence-corrected chi connectivity index (χ0v) is 11.1. The van der Waals surface area contributed by atoms with Crippen LogP contribution >= 0.6 is 0 Å². The molecule has 0 radical (unpaired) electrons. The Morgan fingerprint density at radius 1 is 1.00 bits per heavy atom. The smallest absolute Gasteiger partial charge is 0.126 e. The summed E-state index contributed by atoms with van der Waals surface area (Å²) in [6.45, 7) is 6.82. The lowest BCUT2D eigenvalue weighted by Gasteiger charge is -2.25. The quantitative estimate of drug-likeness (QED) is 0.749. The van der Waals surface area contributed by atoms with E-state index >= 15 is 0 Å². The first-order valence-electron chi connectivity index (χ1n) is 6.16. The zero-order chi connectivity index (χ0) is 12.5. The summed E-state index contributed by atoms with van der Waals surface area (Å²) < 4.78 is 5.43. The maximum atomic E-state index is 5.43. The van der Waals surface area contributed by atoms with Crippen LogP contribution in [0, 0.1) is 0 Å². The van der Waals surface area contributed by atoms with Crippen LogP contribution in [0.3, 0.4) is 0 Å². The van der Waals surface area contributed by atoms with Crippen molar-refractivity contribution in [2.24, 2.45) is 0 Å². The maximum absolute atomic E-state index is 5.43. The van der Waals surface area contributed by atoms with Gasteiger partial charge in [-0.05, 0) is 28.9 Å². The lowest BCUT2D eigenvalue weighted by Crippen LogP contribution is -2.15. The Bertz CT molecular complexity index is 526. The molecule has 0 atom stereocenters. The molecular weight excluding hydrogens is 208 g/mol. The predicted molar refractivity (Wildman–Crippen MR) is 73.8 cm³/mol. The molecule has 0 aliphatic heterocycles. The first kappa shape index (κ1) is 12.0. The molecule has 1 nitrogen and oxygen atoms in total. The Labute approximate surface area is 103 Å². The highest BCUT2D eigenvalue weighted by Crippen LogP contribution is 2.36. The van der Waals surface area contributed by atoms with Crippen LogP contribution in [0.2, 0.25) is 0 Å². The summed E-state index contributed by atoms with van der Waals surface area (Å²) in [5, 5.41) is 2.51. The van der Waals surface area contributed by atoms with Gasteiger partial charge in [0.1, 0.15) is 5.75 Å². The van der Waals surface area contributed by atoms with E-state index in [1.807, 2.05) is 0 Å². The van der Waals surface area contributed by atoms with Gasteiger partial charge in [-0.3, -0.25) is 0 Å². The van der Waals surface area contributed by atoms with Gasteiger partial charge in [-0.1, -0.05) is 51.1 Å². The number of rotatable bonds is 3. The summed E-state index contributed by atoms with van der Waals surface area (Å²) in [5.74, 6) is 0.955. The van der Waals surface area contributed by atoms with Gasteiger partial charge < -0.3 is 4.74 Å².